The second kappa shape index (κ2) is 53.8. The highest BCUT2D eigenvalue weighted by Gasteiger charge is 2.38. The van der Waals surface area contributed by atoms with Gasteiger partial charge in [0, 0.05) is 193 Å². The molecule has 3 aliphatic heterocycles. The van der Waals surface area contributed by atoms with Gasteiger partial charge in [0.05, 0.1) is 37.2 Å². The number of aromatic nitrogens is 6. The molecule has 6 aromatic rings. The Morgan fingerprint density at radius 2 is 0.743 bits per heavy atom. The summed E-state index contributed by atoms with van der Waals surface area (Å²) in [6.07, 6.45) is -5.66. The van der Waals surface area contributed by atoms with Crippen molar-refractivity contribution in [3.63, 3.8) is 0 Å². The van der Waals surface area contributed by atoms with Crippen molar-refractivity contribution in [3.05, 3.63) is 107 Å². The van der Waals surface area contributed by atoms with E-state index in [0.717, 1.165) is 11.1 Å². The van der Waals surface area contributed by atoms with E-state index in [0.29, 0.717) is 61.8 Å². The Bertz CT molecular complexity index is 5550. The Hall–Kier alpha value is -14.9. The molecule has 3 fully saturated rings. The topological polar surface area (TPSA) is 714 Å². The van der Waals surface area contributed by atoms with Crippen molar-refractivity contribution >= 4 is 101 Å². The Labute approximate surface area is 829 Å². The number of aromatic hydroxyl groups is 4. The summed E-state index contributed by atoms with van der Waals surface area (Å²) in [7, 11) is 0. The van der Waals surface area contributed by atoms with Crippen molar-refractivity contribution < 1.29 is 122 Å². The Morgan fingerprint density at radius 1 is 0.382 bits per heavy atom. The molecular weight excluding hydrogens is 1880 g/mol. The van der Waals surface area contributed by atoms with Gasteiger partial charge in [-0.1, -0.05) is 52.0 Å². The molecule has 0 spiro atoms. The predicted octanol–water partition coefficient (Wildman–Crippen LogP) is -2.42. The number of nitrogens with zero attached hydrogens (tertiary/aromatic N) is 14. The lowest BCUT2D eigenvalue weighted by atomic mass is 9.98. The number of piperazine rings is 2. The highest BCUT2D eigenvalue weighted by atomic mass is 16.4. The Kier molecular flexibility index (Phi) is 42.1. The number of carbonyl (C=O) groups is 17. The molecule has 3 aliphatic rings. The van der Waals surface area contributed by atoms with E-state index in [1.54, 1.807) is 55.1 Å². The van der Waals surface area contributed by atoms with Crippen LogP contribution in [-0.2, 0) is 85.0 Å². The summed E-state index contributed by atoms with van der Waals surface area (Å²) in [5.74, 6) is -17.3. The van der Waals surface area contributed by atoms with E-state index >= 15 is 0 Å². The van der Waals surface area contributed by atoms with Gasteiger partial charge in [-0.05, 0) is 117 Å². The largest absolute Gasteiger partial charge is 0.508 e. The summed E-state index contributed by atoms with van der Waals surface area (Å²) in [4.78, 5) is 240. The van der Waals surface area contributed by atoms with Gasteiger partial charge in [0.1, 0.15) is 59.2 Å². The van der Waals surface area contributed by atoms with Crippen LogP contribution in [0.5, 0.6) is 23.0 Å². The third-order valence-electron chi connectivity index (χ3n) is 24.7. The molecule has 6 atom stereocenters. The van der Waals surface area contributed by atoms with Crippen molar-refractivity contribution in [2.24, 2.45) is 17.2 Å². The fraction of sp³-hybridized carbons (Fsp3) is 0.521. The first-order valence-electron chi connectivity index (χ1n) is 47.6. The number of amides is 13. The van der Waals surface area contributed by atoms with Crippen LogP contribution in [0.4, 0.5) is 0 Å². The number of phenolic OH excluding ortho intramolecular Hbond substituents is 4. The van der Waals surface area contributed by atoms with Crippen LogP contribution in [0.15, 0.2) is 72.8 Å². The second-order valence-electron chi connectivity index (χ2n) is 36.1. The SMILES string of the molecule is CCNC(=O)c1nnc(-c2cc(C(C)C)c(O)cc2O)n1-c1ccc(CN2CCN(C(=O)C[C@H](NC(=O)CCNC(=O)[C@@H](CCC(N)=O)NC(=O)[C@@H](CCC(N)=O)NC(=O)[C@@H](CCC(N)=O)NC(=O)CC[C@H](C(=O)O)N3CCN(CC(=O)O)CCN(CC(=O)O)CCN(CC(=O)O)CC3)C(=O)N[C@H](C)C(=O)N3CCN(Cc4ccc(-n5c(C(=O)NCC)nnc5-c5cc(C(C)C)c(O)cc5O)cc4)CC3)CC2)cc1. The normalized spacial score (nSPS) is 15.8. The van der Waals surface area contributed by atoms with Crippen LogP contribution in [0, 0.1) is 0 Å². The summed E-state index contributed by atoms with van der Waals surface area (Å²) in [6.45, 7) is 13.5. The number of carboxylic acids is 4. The first-order chi connectivity index (χ1) is 68.4. The lowest BCUT2D eigenvalue weighted by Crippen LogP contribution is -2.57. The molecule has 4 aromatic carbocycles. The maximum absolute atomic E-state index is 14.7. The molecular formula is C94H131N25O25. The minimum Gasteiger partial charge on any atom is -0.508 e. The highest BCUT2D eigenvalue weighted by Crippen LogP contribution is 2.41. The first kappa shape index (κ1) is 113. The molecule has 0 unspecified atom stereocenters. The molecule has 782 valence electrons. The van der Waals surface area contributed by atoms with Crippen LogP contribution in [0.3, 0.4) is 0 Å². The molecule has 3 saturated heterocycles. The molecule has 2 aromatic heterocycles. The quantitative estimate of drug-likeness (QED) is 0.0189. The molecule has 0 bridgehead atoms. The fourth-order valence-electron chi connectivity index (χ4n) is 16.9. The number of carboxylic acid groups (broad SMARTS) is 4. The number of nitrogens with two attached hydrogens (primary N) is 3. The molecule has 22 N–H and O–H groups in total. The van der Waals surface area contributed by atoms with Crippen LogP contribution < -0.4 is 59.7 Å². The zero-order chi connectivity index (χ0) is 105. The molecule has 5 heterocycles. The van der Waals surface area contributed by atoms with Crippen LogP contribution >= 0.6 is 0 Å². The second-order valence-corrected chi connectivity index (χ2v) is 36.1. The summed E-state index contributed by atoms with van der Waals surface area (Å²) in [6, 6.07) is 10.4. The number of hydrogen-bond donors (Lipinski definition) is 19. The number of hydrogen-bond acceptors (Lipinski definition) is 31. The van der Waals surface area contributed by atoms with Crippen molar-refractivity contribution in [1.29, 1.82) is 0 Å². The summed E-state index contributed by atoms with van der Waals surface area (Å²) < 4.78 is 3.01. The smallest absolute Gasteiger partial charge is 0.320 e. The molecule has 9 rings (SSSR count). The number of phenols is 4. The number of aliphatic carboxylic acids is 4. The number of nitrogens with one attached hydrogen (secondary N) is 8. The number of primary amides is 3. The van der Waals surface area contributed by atoms with Gasteiger partial charge in [-0.2, -0.15) is 0 Å². The van der Waals surface area contributed by atoms with Crippen LogP contribution in [0.1, 0.15) is 168 Å². The molecule has 0 aliphatic carbocycles. The van der Waals surface area contributed by atoms with E-state index in [9.17, 15) is 122 Å². The van der Waals surface area contributed by atoms with Gasteiger partial charge in [0.25, 0.3) is 11.8 Å². The monoisotopic (exact) mass is 2010 g/mol. The average Bonchev–Trinajstić information content (AvgIpc) is 1.61. The van der Waals surface area contributed by atoms with Gasteiger partial charge >= 0.3 is 23.9 Å². The van der Waals surface area contributed by atoms with E-state index in [-0.39, 0.29) is 161 Å². The van der Waals surface area contributed by atoms with E-state index in [1.165, 1.54) is 52.7 Å². The first-order valence-corrected chi connectivity index (χ1v) is 47.6. The van der Waals surface area contributed by atoms with E-state index in [2.05, 4.69) is 72.7 Å². The van der Waals surface area contributed by atoms with Crippen LogP contribution in [0.2, 0.25) is 0 Å². The molecule has 50 heteroatoms. The molecule has 144 heavy (non-hydrogen) atoms. The third-order valence-corrected chi connectivity index (χ3v) is 24.7. The Morgan fingerprint density at radius 3 is 1.12 bits per heavy atom. The van der Waals surface area contributed by atoms with Crippen molar-refractivity contribution in [1.82, 2.24) is 111 Å². The maximum Gasteiger partial charge on any atom is 0.320 e. The molecule has 13 amide bonds. The summed E-state index contributed by atoms with van der Waals surface area (Å²) in [5, 5.41) is 121. The number of rotatable bonds is 49. The van der Waals surface area contributed by atoms with Crippen molar-refractivity contribution in [3.8, 4) is 57.1 Å². The molecule has 50 nitrogen and oxygen atoms in total. The third kappa shape index (κ3) is 33.1. The van der Waals surface area contributed by atoms with E-state index in [1.807, 2.05) is 52.0 Å². The summed E-state index contributed by atoms with van der Waals surface area (Å²) >= 11 is 0. The van der Waals surface area contributed by atoms with Gasteiger partial charge in [-0.15, -0.1) is 20.4 Å². The molecule has 0 radical (unpaired) electrons. The van der Waals surface area contributed by atoms with Crippen molar-refractivity contribution in [2.45, 2.75) is 174 Å². The minimum absolute atomic E-state index is 0.0102. The van der Waals surface area contributed by atoms with Gasteiger partial charge in [-0.25, -0.2) is 0 Å². The van der Waals surface area contributed by atoms with Gasteiger partial charge in [0.15, 0.2) is 11.6 Å². The van der Waals surface area contributed by atoms with Crippen LogP contribution in [-0.4, -0.2) is 390 Å². The van der Waals surface area contributed by atoms with E-state index in [4.69, 9.17) is 17.2 Å². The zero-order valence-corrected chi connectivity index (χ0v) is 81.6. The maximum atomic E-state index is 14.7. The van der Waals surface area contributed by atoms with Gasteiger partial charge in [0.2, 0.25) is 76.6 Å². The lowest BCUT2D eigenvalue weighted by molar-refractivity contribution is -0.145. The number of benzene rings is 4. The molecule has 0 saturated carbocycles. The zero-order valence-electron chi connectivity index (χ0n) is 81.6. The minimum atomic E-state index is -1.79. The highest BCUT2D eigenvalue weighted by molar-refractivity contribution is 5.98. The standard InChI is InChI=1S/C94H131N25O25/c1-8-98-91(140)85-108-106-83(63-44-61(54(3)4)70(120)47-72(63)122)118(85)59-14-10-57(11-15-59)49-110-34-40-116(41-35-110)79(129)46-68(90(139)101-56(7)93(142)117-42-36-111(37-43-117)50-58-12-16-60(17-13-58)119-84(107-109-86(119)92(141)99-9-2)64-45-62(55(5)6)71(121)48-73(64)123)103-78(128)26-27-100-87(136)65(18-22-74(95)124)104-89(138)67(20-24-76(97)126)105-88(137)66(19-23-75(96)125)102-77(127)25-21-69(94(143)144)115-38-32-113(52-81(132)133)30-28-112(51-80(130)131)29-31-114(33-39-115)53-82(134)135/h10-17,44-45,47-48,54-56,65-69,120-123H,8-9,18-43,46,49-53H2,1-7H3,(H2,95,124)(H2,96,125)(H2,97,126)(H,98,140)(H,99,141)(H,100,136)(H,101,139)(H,102,127)(H,103,128)(H,104,138)(H,105,137)(H,130,131)(H,132,133)(H,134,135)(H,143,144)/t56-,65-,66-,67-,68+,69-/m1/s1. The van der Waals surface area contributed by atoms with Gasteiger partial charge in [-0.3, -0.25) is 120 Å². The number of carbonyl (C=O) groups excluding carboxylic acids is 13. The summed E-state index contributed by atoms with van der Waals surface area (Å²) in [5.41, 5.74) is 20.6. The average molecular weight is 2010 g/mol. The fourth-order valence-corrected chi connectivity index (χ4v) is 16.9. The predicted molar refractivity (Wildman–Crippen MR) is 515 cm³/mol. The lowest BCUT2D eigenvalue weighted by Gasteiger charge is -2.36. The van der Waals surface area contributed by atoms with Crippen LogP contribution in [0.25, 0.3) is 34.2 Å². The van der Waals surface area contributed by atoms with Crippen molar-refractivity contribution in [2.75, 3.05) is 144 Å². The van der Waals surface area contributed by atoms with E-state index < -0.39 is 227 Å². The Balaban J connectivity index is 0.867. The van der Waals surface area contributed by atoms with Gasteiger partial charge < -0.3 is 110 Å².